The smallest absolute Gasteiger partial charge is 0.0730 e. The Morgan fingerprint density at radius 2 is 0.909 bits per heavy atom. The number of aromatic nitrogens is 2. The predicted molar refractivity (Wildman–Crippen MR) is 196 cm³/mol. The highest BCUT2D eigenvalue weighted by Crippen LogP contribution is 2.41. The first-order chi connectivity index (χ1) is 21.5. The van der Waals surface area contributed by atoms with Gasteiger partial charge in [-0.2, -0.15) is 0 Å². The highest BCUT2D eigenvalue weighted by Gasteiger charge is 2.16. The second kappa shape index (κ2) is 11.0. The lowest BCUT2D eigenvalue weighted by atomic mass is 10.0. The molecule has 0 atom stereocenters. The third-order valence-electron chi connectivity index (χ3n) is 8.14. The average Bonchev–Trinajstić information content (AvgIpc) is 3.85. The van der Waals surface area contributed by atoms with Crippen LogP contribution in [0.15, 0.2) is 114 Å². The maximum Gasteiger partial charge on any atom is 0.0730 e. The lowest BCUT2D eigenvalue weighted by Gasteiger charge is -2.05. The summed E-state index contributed by atoms with van der Waals surface area (Å²) in [7, 11) is 0. The summed E-state index contributed by atoms with van der Waals surface area (Å²) in [5.41, 5.74) is 13.7. The Morgan fingerprint density at radius 1 is 0.477 bits per heavy atom. The molecule has 5 heterocycles. The highest BCUT2D eigenvalue weighted by atomic mass is 79.9. The largest absolute Gasteiger partial charge is 0.354 e. The van der Waals surface area contributed by atoms with Crippen LogP contribution in [0, 0.1) is 13.8 Å². The minimum absolute atomic E-state index is 0.978. The van der Waals surface area contributed by atoms with E-state index >= 15 is 0 Å². The van der Waals surface area contributed by atoms with E-state index in [2.05, 4.69) is 156 Å². The molecule has 4 aromatic heterocycles. The van der Waals surface area contributed by atoms with Crippen LogP contribution in [0.2, 0.25) is 0 Å². The van der Waals surface area contributed by atoms with Crippen LogP contribution in [0.5, 0.6) is 0 Å². The molecule has 3 aromatic carbocycles. The van der Waals surface area contributed by atoms with Crippen LogP contribution in [0.1, 0.15) is 22.5 Å². The Hall–Kier alpha value is -4.29. The molecule has 212 valence electrons. The first-order valence-corrected chi connectivity index (χ1v) is 17.0. The quantitative estimate of drug-likeness (QED) is 0.200. The van der Waals surface area contributed by atoms with Gasteiger partial charge in [0.25, 0.3) is 0 Å². The van der Waals surface area contributed by atoms with Gasteiger partial charge in [0, 0.05) is 40.8 Å². The molecule has 0 aliphatic carbocycles. The number of aryl methyl sites for hydroxylation is 2. The van der Waals surface area contributed by atoms with Gasteiger partial charge >= 0.3 is 0 Å². The summed E-state index contributed by atoms with van der Waals surface area (Å²) < 4.78 is 5.87. The first kappa shape index (κ1) is 27.3. The Bertz CT molecular complexity index is 2340. The zero-order valence-corrected chi connectivity index (χ0v) is 27.4. The van der Waals surface area contributed by atoms with Crippen LogP contribution < -0.4 is 0 Å². The van der Waals surface area contributed by atoms with E-state index in [1.807, 2.05) is 11.3 Å². The molecule has 5 heteroatoms. The molecular weight excluding hydrogens is 640 g/mol. The van der Waals surface area contributed by atoms with Crippen molar-refractivity contribution >= 4 is 80.6 Å². The van der Waals surface area contributed by atoms with Crippen LogP contribution in [0.4, 0.5) is 0 Å². The van der Waals surface area contributed by atoms with E-state index in [1.165, 1.54) is 46.6 Å². The predicted octanol–water partition coefficient (Wildman–Crippen LogP) is 12.5. The van der Waals surface area contributed by atoms with E-state index in [4.69, 9.17) is 4.98 Å². The lowest BCUT2D eigenvalue weighted by Crippen LogP contribution is -1.86. The number of halogens is 1. The second-order valence-electron chi connectivity index (χ2n) is 11.2. The molecule has 0 saturated carbocycles. The zero-order valence-electron chi connectivity index (χ0n) is 24.2. The molecule has 8 bridgehead atoms. The van der Waals surface area contributed by atoms with Gasteiger partial charge in [-0.3, -0.25) is 0 Å². The number of hydrogen-bond acceptors (Lipinski definition) is 3. The molecule has 0 radical (unpaired) electrons. The summed E-state index contributed by atoms with van der Waals surface area (Å²) >= 11 is 7.24. The SMILES string of the molecule is Cc1ccc(-c2c3nc(c(-c4ccc(Br)cc4)c4ccc(s4)c4ccc([nH]4)c(-c4ccc(C)cc4)c4ccc2s4)C=C3)cc1. The molecule has 0 fully saturated rings. The minimum atomic E-state index is 0.978. The van der Waals surface area contributed by atoms with E-state index in [-0.39, 0.29) is 0 Å². The summed E-state index contributed by atoms with van der Waals surface area (Å²) in [5, 5.41) is 0. The molecule has 2 nitrogen and oxygen atoms in total. The van der Waals surface area contributed by atoms with Gasteiger partial charge in [0.05, 0.1) is 21.6 Å². The lowest BCUT2D eigenvalue weighted by molar-refractivity contribution is 1.33. The number of hydrogen-bond donors (Lipinski definition) is 1. The van der Waals surface area contributed by atoms with Crippen LogP contribution in [-0.2, 0) is 0 Å². The number of thiophene rings is 2. The molecule has 7 aromatic rings. The fourth-order valence-electron chi connectivity index (χ4n) is 5.87. The van der Waals surface area contributed by atoms with E-state index in [9.17, 15) is 0 Å². The van der Waals surface area contributed by atoms with Crippen molar-refractivity contribution in [3.63, 3.8) is 0 Å². The second-order valence-corrected chi connectivity index (χ2v) is 14.3. The van der Waals surface area contributed by atoms with Gasteiger partial charge in [-0.15, -0.1) is 22.7 Å². The number of nitrogens with zero attached hydrogens (tertiary/aromatic N) is 1. The van der Waals surface area contributed by atoms with Gasteiger partial charge < -0.3 is 4.98 Å². The summed E-state index contributed by atoms with van der Waals surface area (Å²) in [6.07, 6.45) is 4.36. The van der Waals surface area contributed by atoms with Crippen molar-refractivity contribution in [2.24, 2.45) is 0 Å². The number of benzene rings is 3. The summed E-state index contributed by atoms with van der Waals surface area (Å²) in [6.45, 7) is 4.27. The zero-order chi connectivity index (χ0) is 29.8. The molecule has 0 spiro atoms. The van der Waals surface area contributed by atoms with Crippen molar-refractivity contribution in [3.8, 4) is 33.4 Å². The number of nitrogens with one attached hydrogen (secondary N) is 1. The van der Waals surface area contributed by atoms with Crippen molar-refractivity contribution in [3.05, 3.63) is 136 Å². The van der Waals surface area contributed by atoms with Crippen molar-refractivity contribution in [2.45, 2.75) is 13.8 Å². The molecular formula is C39H27BrN2S2. The van der Waals surface area contributed by atoms with Crippen molar-refractivity contribution in [1.29, 1.82) is 0 Å². The molecule has 0 saturated heterocycles. The Labute approximate surface area is 272 Å². The Morgan fingerprint density at radius 3 is 1.48 bits per heavy atom. The molecule has 0 unspecified atom stereocenters. The minimum Gasteiger partial charge on any atom is -0.354 e. The van der Waals surface area contributed by atoms with Gasteiger partial charge in [-0.1, -0.05) is 87.7 Å². The monoisotopic (exact) mass is 666 g/mol. The number of H-pyrrole nitrogens is 1. The van der Waals surface area contributed by atoms with Crippen LogP contribution >= 0.6 is 38.6 Å². The van der Waals surface area contributed by atoms with Crippen LogP contribution in [0.3, 0.4) is 0 Å². The van der Waals surface area contributed by atoms with E-state index in [0.29, 0.717) is 0 Å². The van der Waals surface area contributed by atoms with Crippen LogP contribution in [-0.4, -0.2) is 9.97 Å². The molecule has 1 N–H and O–H groups in total. The van der Waals surface area contributed by atoms with E-state index in [1.54, 1.807) is 11.3 Å². The van der Waals surface area contributed by atoms with Crippen LogP contribution in [0.25, 0.3) is 75.4 Å². The van der Waals surface area contributed by atoms with Gasteiger partial charge in [0.1, 0.15) is 0 Å². The number of aromatic amines is 1. The third kappa shape index (κ3) is 4.91. The third-order valence-corrected chi connectivity index (χ3v) is 10.9. The summed E-state index contributed by atoms with van der Waals surface area (Å²) in [5.74, 6) is 0. The fraction of sp³-hybridized carbons (Fsp3) is 0.0513. The Balaban J connectivity index is 1.55. The fourth-order valence-corrected chi connectivity index (χ4v) is 8.36. The molecule has 8 rings (SSSR count). The maximum atomic E-state index is 5.36. The topological polar surface area (TPSA) is 28.7 Å². The average molecular weight is 668 g/mol. The van der Waals surface area contributed by atoms with Crippen molar-refractivity contribution in [2.75, 3.05) is 0 Å². The molecule has 0 amide bonds. The number of fused-ring (bicyclic) bond motifs is 9. The summed E-state index contributed by atoms with van der Waals surface area (Å²) in [4.78, 5) is 9.15. The highest BCUT2D eigenvalue weighted by molar-refractivity contribution is 9.10. The standard InChI is InChI=1S/C39H27BrN2S2/c1-23-3-7-25(8-4-23)37-30-16-15-29(41-30)33-19-20-34(43-33)39(27-11-13-28(40)14-12-27)32-18-17-31(42-32)38(36-22-21-35(37)44-36)26-9-5-24(2)6-10-26/h3-22,41H,1-2H3. The normalized spacial score (nSPS) is 11.9. The van der Waals surface area contributed by atoms with Crippen molar-refractivity contribution in [1.82, 2.24) is 9.97 Å². The van der Waals surface area contributed by atoms with Gasteiger partial charge in [-0.25, -0.2) is 4.98 Å². The van der Waals surface area contributed by atoms with Crippen molar-refractivity contribution < 1.29 is 0 Å². The van der Waals surface area contributed by atoms with E-state index < -0.39 is 0 Å². The van der Waals surface area contributed by atoms with Gasteiger partial charge in [0.2, 0.25) is 0 Å². The van der Waals surface area contributed by atoms with Gasteiger partial charge in [-0.05, 0) is 91.2 Å². The molecule has 1 aliphatic heterocycles. The summed E-state index contributed by atoms with van der Waals surface area (Å²) in [6, 6.07) is 39.7. The molecule has 1 aliphatic rings. The maximum absolute atomic E-state index is 5.36. The molecule has 44 heavy (non-hydrogen) atoms. The number of rotatable bonds is 3. The van der Waals surface area contributed by atoms with Gasteiger partial charge in [0.15, 0.2) is 0 Å². The van der Waals surface area contributed by atoms with E-state index in [0.717, 1.165) is 43.6 Å². The first-order valence-electron chi connectivity index (χ1n) is 14.6. The Kier molecular flexibility index (Phi) is 6.82.